The molecule has 0 unspecified atom stereocenters. The number of nitrogens with one attached hydrogen (secondary N) is 1. The lowest BCUT2D eigenvalue weighted by molar-refractivity contribution is 0.417. The van der Waals surface area contributed by atoms with E-state index in [1.165, 1.54) is 15.6 Å². The highest BCUT2D eigenvalue weighted by Crippen LogP contribution is 2.28. The quantitative estimate of drug-likeness (QED) is 0.872. The van der Waals surface area contributed by atoms with E-state index < -0.39 is 10.0 Å². The van der Waals surface area contributed by atoms with Gasteiger partial charge in [0.1, 0.15) is 0 Å². The van der Waals surface area contributed by atoms with Crippen LogP contribution in [0.5, 0.6) is 0 Å². The molecule has 0 fully saturated rings. The van der Waals surface area contributed by atoms with E-state index in [4.69, 9.17) is 0 Å². The second-order valence-electron chi connectivity index (χ2n) is 4.84. The molecule has 0 spiro atoms. The van der Waals surface area contributed by atoms with Crippen LogP contribution >= 0.6 is 11.3 Å². The third-order valence-electron chi connectivity index (χ3n) is 2.58. The highest BCUT2D eigenvalue weighted by Gasteiger charge is 2.25. The van der Waals surface area contributed by atoms with Crippen molar-refractivity contribution in [3.8, 4) is 0 Å². The average Bonchev–Trinajstić information content (AvgIpc) is 2.59. The fourth-order valence-corrected chi connectivity index (χ4v) is 4.77. The number of aryl methyl sites for hydroxylation is 1. The van der Waals surface area contributed by atoms with E-state index >= 15 is 0 Å². The Bertz CT molecular complexity index is 492. The maximum absolute atomic E-state index is 12.4. The minimum Gasteiger partial charge on any atom is -0.315 e. The Balaban J connectivity index is 3.04. The van der Waals surface area contributed by atoms with Crippen LogP contribution in [-0.4, -0.2) is 33.4 Å². The van der Waals surface area contributed by atoms with Gasteiger partial charge in [0.25, 0.3) is 0 Å². The van der Waals surface area contributed by atoms with Gasteiger partial charge in [-0.25, -0.2) is 12.7 Å². The summed E-state index contributed by atoms with van der Waals surface area (Å²) in [6, 6.07) is 1.78. The summed E-state index contributed by atoms with van der Waals surface area (Å²) in [5.41, 5.74) is 0. The van der Waals surface area contributed by atoms with Crippen molar-refractivity contribution in [2.45, 2.75) is 32.2 Å². The molecular weight excluding hydrogens is 268 g/mol. The van der Waals surface area contributed by atoms with Gasteiger partial charge in [-0.05, 0) is 26.0 Å². The first-order valence-electron chi connectivity index (χ1n) is 5.99. The van der Waals surface area contributed by atoms with Crippen LogP contribution in [0.4, 0.5) is 0 Å². The van der Waals surface area contributed by atoms with Gasteiger partial charge in [-0.2, -0.15) is 0 Å². The van der Waals surface area contributed by atoms with E-state index in [1.807, 2.05) is 27.8 Å². The Kier molecular flexibility index (Phi) is 5.33. The molecule has 0 aliphatic carbocycles. The molecule has 1 rings (SSSR count). The van der Waals surface area contributed by atoms with E-state index in [0.717, 1.165) is 9.75 Å². The van der Waals surface area contributed by atoms with Crippen LogP contribution in [0.25, 0.3) is 0 Å². The van der Waals surface area contributed by atoms with E-state index in [-0.39, 0.29) is 0 Å². The maximum Gasteiger partial charge on any atom is 0.243 e. The monoisotopic (exact) mass is 290 g/mol. The van der Waals surface area contributed by atoms with Crippen molar-refractivity contribution in [3.05, 3.63) is 15.8 Å². The number of rotatable bonds is 6. The summed E-state index contributed by atoms with van der Waals surface area (Å²) >= 11 is 1.53. The first kappa shape index (κ1) is 15.6. The van der Waals surface area contributed by atoms with Gasteiger partial charge in [0.2, 0.25) is 10.0 Å². The first-order chi connectivity index (χ1) is 8.28. The van der Waals surface area contributed by atoms with Gasteiger partial charge in [0, 0.05) is 29.9 Å². The third kappa shape index (κ3) is 3.54. The predicted molar refractivity (Wildman–Crippen MR) is 76.5 cm³/mol. The van der Waals surface area contributed by atoms with E-state index in [0.29, 0.717) is 23.9 Å². The minimum absolute atomic E-state index is 0.320. The lowest BCUT2D eigenvalue weighted by atomic mass is 10.2. The van der Waals surface area contributed by atoms with Crippen LogP contribution in [0, 0.1) is 12.8 Å². The summed E-state index contributed by atoms with van der Waals surface area (Å²) in [4.78, 5) is 2.35. The Morgan fingerprint density at radius 3 is 2.56 bits per heavy atom. The molecule has 0 saturated heterocycles. The minimum atomic E-state index is -3.35. The zero-order chi connectivity index (χ0) is 13.9. The molecule has 1 aromatic heterocycles. The molecule has 4 nitrogen and oxygen atoms in total. The highest BCUT2D eigenvalue weighted by molar-refractivity contribution is 7.89. The van der Waals surface area contributed by atoms with Gasteiger partial charge in [0.05, 0.1) is 4.90 Å². The van der Waals surface area contributed by atoms with Gasteiger partial charge in [-0.1, -0.05) is 13.8 Å². The molecule has 6 heteroatoms. The van der Waals surface area contributed by atoms with Crippen molar-refractivity contribution in [2.75, 3.05) is 20.6 Å². The van der Waals surface area contributed by atoms with Crippen molar-refractivity contribution >= 4 is 21.4 Å². The van der Waals surface area contributed by atoms with Crippen LogP contribution in [0.1, 0.15) is 23.6 Å². The molecule has 0 aliphatic rings. The molecule has 0 saturated carbocycles. The van der Waals surface area contributed by atoms with Gasteiger partial charge in [-0.3, -0.25) is 0 Å². The van der Waals surface area contributed by atoms with Crippen molar-refractivity contribution in [3.63, 3.8) is 0 Å². The first-order valence-corrected chi connectivity index (χ1v) is 8.25. The highest BCUT2D eigenvalue weighted by atomic mass is 32.2. The van der Waals surface area contributed by atoms with Crippen LogP contribution < -0.4 is 5.32 Å². The molecule has 0 atom stereocenters. The van der Waals surface area contributed by atoms with E-state index in [9.17, 15) is 8.42 Å². The Morgan fingerprint density at radius 2 is 2.06 bits per heavy atom. The summed E-state index contributed by atoms with van der Waals surface area (Å²) < 4.78 is 26.3. The summed E-state index contributed by atoms with van der Waals surface area (Å²) in [7, 11) is 0.152. The van der Waals surface area contributed by atoms with Gasteiger partial charge in [-0.15, -0.1) is 11.3 Å². The molecule has 1 N–H and O–H groups in total. The molecule has 0 bridgehead atoms. The number of sulfonamides is 1. The number of hydrogen-bond acceptors (Lipinski definition) is 4. The zero-order valence-corrected chi connectivity index (χ0v) is 13.3. The molecule has 1 heterocycles. The molecule has 0 amide bonds. The SMILES string of the molecule is CNCc1cc(S(=O)(=O)N(C)CC(C)C)c(C)s1. The maximum atomic E-state index is 12.4. The fraction of sp³-hybridized carbons (Fsp3) is 0.667. The second kappa shape index (κ2) is 6.14. The standard InChI is InChI=1S/C12H22N2O2S2/c1-9(2)8-14(5)18(15,16)12-6-11(7-13-4)17-10(12)3/h6,9,13H,7-8H2,1-5H3. The molecule has 18 heavy (non-hydrogen) atoms. The predicted octanol–water partition coefficient (Wildman–Crippen LogP) is 2.05. The largest absolute Gasteiger partial charge is 0.315 e. The molecule has 0 aromatic carbocycles. The summed E-state index contributed by atoms with van der Waals surface area (Å²) in [5, 5.41) is 3.04. The molecule has 0 aliphatic heterocycles. The summed E-state index contributed by atoms with van der Waals surface area (Å²) in [6.45, 7) is 7.13. The van der Waals surface area contributed by atoms with Gasteiger partial charge < -0.3 is 5.32 Å². The lowest BCUT2D eigenvalue weighted by Gasteiger charge is -2.18. The summed E-state index contributed by atoms with van der Waals surface area (Å²) in [6.07, 6.45) is 0. The average molecular weight is 290 g/mol. The van der Waals surface area contributed by atoms with Crippen molar-refractivity contribution in [1.82, 2.24) is 9.62 Å². The molecular formula is C12H22N2O2S2. The van der Waals surface area contributed by atoms with Crippen LogP contribution in [-0.2, 0) is 16.6 Å². The van der Waals surface area contributed by atoms with E-state index in [1.54, 1.807) is 13.1 Å². The molecule has 0 radical (unpaired) electrons. The lowest BCUT2D eigenvalue weighted by Crippen LogP contribution is -2.30. The summed E-state index contributed by atoms with van der Waals surface area (Å²) in [5.74, 6) is 0.320. The normalized spacial score (nSPS) is 12.6. The van der Waals surface area contributed by atoms with Crippen molar-refractivity contribution in [2.24, 2.45) is 5.92 Å². The van der Waals surface area contributed by atoms with Crippen LogP contribution in [0.2, 0.25) is 0 Å². The topological polar surface area (TPSA) is 49.4 Å². The third-order valence-corrected chi connectivity index (χ3v) is 5.71. The van der Waals surface area contributed by atoms with Crippen molar-refractivity contribution < 1.29 is 8.42 Å². The second-order valence-corrected chi connectivity index (χ2v) is 8.20. The van der Waals surface area contributed by atoms with Crippen molar-refractivity contribution in [1.29, 1.82) is 0 Å². The van der Waals surface area contributed by atoms with Gasteiger partial charge in [0.15, 0.2) is 0 Å². The van der Waals surface area contributed by atoms with E-state index in [2.05, 4.69) is 5.32 Å². The molecule has 104 valence electrons. The smallest absolute Gasteiger partial charge is 0.243 e. The number of nitrogens with zero attached hydrogens (tertiary/aromatic N) is 1. The van der Waals surface area contributed by atoms with Gasteiger partial charge >= 0.3 is 0 Å². The Labute approximate surface area is 114 Å². The number of hydrogen-bond donors (Lipinski definition) is 1. The van der Waals surface area contributed by atoms with Crippen LogP contribution in [0.15, 0.2) is 11.0 Å². The van der Waals surface area contributed by atoms with Crippen LogP contribution in [0.3, 0.4) is 0 Å². The molecule has 1 aromatic rings. The Morgan fingerprint density at radius 1 is 1.44 bits per heavy atom. The Hall–Kier alpha value is -0.430. The fourth-order valence-electron chi connectivity index (χ4n) is 1.82. The number of thiophene rings is 1. The zero-order valence-electron chi connectivity index (χ0n) is 11.6.